The molecule has 4 heterocycles. The maximum atomic E-state index is 12.3. The van der Waals surface area contributed by atoms with Crippen LogP contribution in [0.5, 0.6) is 0 Å². The summed E-state index contributed by atoms with van der Waals surface area (Å²) in [5.74, 6) is 2.80. The van der Waals surface area contributed by atoms with Gasteiger partial charge in [-0.3, -0.25) is 9.69 Å². The van der Waals surface area contributed by atoms with Gasteiger partial charge in [-0.25, -0.2) is 9.97 Å². The van der Waals surface area contributed by atoms with E-state index < -0.39 is 0 Å². The molecular weight excluding hydrogens is 386 g/mol. The minimum atomic E-state index is -0.0649. The van der Waals surface area contributed by atoms with E-state index >= 15 is 0 Å². The Kier molecular flexibility index (Phi) is 5.25. The van der Waals surface area contributed by atoms with Crippen molar-refractivity contribution in [2.45, 2.75) is 26.3 Å². The molecule has 0 unspecified atom stereocenters. The molecule has 2 aromatic rings. The number of carbonyl (C=O) groups excluding carboxylic acids is 1. The first-order valence-corrected chi connectivity index (χ1v) is 10.2. The van der Waals surface area contributed by atoms with Crippen LogP contribution in [0.1, 0.15) is 39.0 Å². The van der Waals surface area contributed by atoms with Gasteiger partial charge < -0.3 is 10.2 Å². The van der Waals surface area contributed by atoms with Crippen molar-refractivity contribution >= 4 is 24.1 Å². The Bertz CT molecular complexity index is 949. The average Bonchev–Trinajstić information content (AvgIpc) is 3.19. The van der Waals surface area contributed by atoms with Crippen LogP contribution >= 0.6 is 12.4 Å². The van der Waals surface area contributed by atoms with Crippen molar-refractivity contribution in [3.63, 3.8) is 0 Å². The monoisotopic (exact) mass is 413 g/mol. The maximum absolute atomic E-state index is 12.3. The van der Waals surface area contributed by atoms with Crippen molar-refractivity contribution in [1.29, 1.82) is 0 Å². The normalized spacial score (nSPS) is 26.0. The molecule has 1 amide bonds. The second-order valence-corrected chi connectivity index (χ2v) is 8.50. The largest absolute Gasteiger partial charge is 0.356 e. The van der Waals surface area contributed by atoms with Gasteiger partial charge in [0.1, 0.15) is 17.3 Å². The van der Waals surface area contributed by atoms with Crippen LogP contribution in [0, 0.1) is 25.7 Å². The van der Waals surface area contributed by atoms with Crippen LogP contribution in [0.4, 0.5) is 5.82 Å². The summed E-state index contributed by atoms with van der Waals surface area (Å²) in [4.78, 5) is 26.4. The SMILES string of the molecule is Cc1nc2c(c(N3C[C@@H]4CN(C)[C@H](c5ccccc5C)[C@@H]4C3)n1)CCNC2=O.Cl. The third-order valence-electron chi connectivity index (χ3n) is 6.67. The number of anilines is 1. The molecule has 0 radical (unpaired) electrons. The van der Waals surface area contributed by atoms with Gasteiger partial charge in [-0.15, -0.1) is 12.4 Å². The predicted octanol–water partition coefficient (Wildman–Crippen LogP) is 2.54. The zero-order chi connectivity index (χ0) is 19.4. The van der Waals surface area contributed by atoms with Crippen molar-refractivity contribution in [2.75, 3.05) is 38.1 Å². The molecule has 29 heavy (non-hydrogen) atoms. The van der Waals surface area contributed by atoms with E-state index in [1.807, 2.05) is 6.92 Å². The first-order chi connectivity index (χ1) is 13.5. The number of nitrogens with zero attached hydrogens (tertiary/aromatic N) is 4. The van der Waals surface area contributed by atoms with E-state index in [1.165, 1.54) is 11.1 Å². The summed E-state index contributed by atoms with van der Waals surface area (Å²) in [6.07, 6.45) is 0.809. The third-order valence-corrected chi connectivity index (χ3v) is 6.67. The van der Waals surface area contributed by atoms with E-state index in [0.717, 1.165) is 37.4 Å². The lowest BCUT2D eigenvalue weighted by molar-refractivity contribution is 0.0940. The Morgan fingerprint density at radius 3 is 2.69 bits per heavy atom. The number of aromatic nitrogens is 2. The Morgan fingerprint density at radius 1 is 1.10 bits per heavy atom. The summed E-state index contributed by atoms with van der Waals surface area (Å²) in [6, 6.07) is 9.21. The fourth-order valence-electron chi connectivity index (χ4n) is 5.46. The molecule has 1 aromatic carbocycles. The Morgan fingerprint density at radius 2 is 1.90 bits per heavy atom. The highest BCUT2D eigenvalue weighted by molar-refractivity contribution is 5.96. The average molecular weight is 414 g/mol. The molecule has 3 atom stereocenters. The van der Waals surface area contributed by atoms with E-state index in [4.69, 9.17) is 4.98 Å². The topological polar surface area (TPSA) is 61.4 Å². The van der Waals surface area contributed by atoms with Crippen molar-refractivity contribution < 1.29 is 4.79 Å². The van der Waals surface area contributed by atoms with Crippen LogP contribution in [0.15, 0.2) is 24.3 Å². The fourth-order valence-corrected chi connectivity index (χ4v) is 5.46. The minimum Gasteiger partial charge on any atom is -0.356 e. The molecule has 0 bridgehead atoms. The van der Waals surface area contributed by atoms with Crippen molar-refractivity contribution in [2.24, 2.45) is 11.8 Å². The van der Waals surface area contributed by atoms with Gasteiger partial charge in [0, 0.05) is 43.7 Å². The van der Waals surface area contributed by atoms with Gasteiger partial charge in [-0.2, -0.15) is 0 Å². The summed E-state index contributed by atoms with van der Waals surface area (Å²) in [5, 5.41) is 2.91. The fraction of sp³-hybridized carbons (Fsp3) is 0.500. The smallest absolute Gasteiger partial charge is 0.270 e. The summed E-state index contributed by atoms with van der Waals surface area (Å²) in [7, 11) is 2.25. The molecular formula is C22H28ClN5O. The molecule has 0 spiro atoms. The summed E-state index contributed by atoms with van der Waals surface area (Å²) >= 11 is 0. The summed E-state index contributed by atoms with van der Waals surface area (Å²) in [5.41, 5.74) is 4.40. The van der Waals surface area contributed by atoms with Crippen molar-refractivity contribution in [1.82, 2.24) is 20.2 Å². The van der Waals surface area contributed by atoms with Crippen LogP contribution in [0.25, 0.3) is 0 Å². The molecule has 5 rings (SSSR count). The standard InChI is InChI=1S/C22H27N5O.ClH/c1-13-6-4-5-7-16(13)20-18-12-27(11-15(18)10-26(20)3)21-17-8-9-23-22(28)19(17)24-14(2)25-21;/h4-7,15,18,20H,8-12H2,1-3H3,(H,23,28);1H/t15-,18+,20+;/m0./s1. The number of carbonyl (C=O) groups is 1. The van der Waals surface area contributed by atoms with E-state index in [-0.39, 0.29) is 18.3 Å². The van der Waals surface area contributed by atoms with E-state index in [9.17, 15) is 4.79 Å². The molecule has 7 heteroatoms. The highest BCUT2D eigenvalue weighted by Gasteiger charge is 2.47. The number of benzene rings is 1. The molecule has 3 aliphatic rings. The molecule has 154 valence electrons. The number of nitrogens with one attached hydrogen (secondary N) is 1. The Balaban J connectivity index is 0.00000205. The van der Waals surface area contributed by atoms with Gasteiger partial charge in [-0.1, -0.05) is 24.3 Å². The Hall–Kier alpha value is -2.18. The lowest BCUT2D eigenvalue weighted by Crippen LogP contribution is -2.36. The third kappa shape index (κ3) is 3.28. The lowest BCUT2D eigenvalue weighted by Gasteiger charge is -2.30. The van der Waals surface area contributed by atoms with E-state index in [1.54, 1.807) is 0 Å². The van der Waals surface area contributed by atoms with Gasteiger partial charge in [0.15, 0.2) is 0 Å². The minimum absolute atomic E-state index is 0. The second-order valence-electron chi connectivity index (χ2n) is 8.50. The van der Waals surface area contributed by atoms with Gasteiger partial charge in [0.25, 0.3) is 5.91 Å². The highest BCUT2D eigenvalue weighted by atomic mass is 35.5. The zero-order valence-electron chi connectivity index (χ0n) is 17.2. The van der Waals surface area contributed by atoms with Crippen LogP contribution in [0.2, 0.25) is 0 Å². The molecule has 6 nitrogen and oxygen atoms in total. The van der Waals surface area contributed by atoms with Crippen molar-refractivity contribution in [3.8, 4) is 0 Å². The number of hydrogen-bond donors (Lipinski definition) is 1. The number of rotatable bonds is 2. The maximum Gasteiger partial charge on any atom is 0.270 e. The van der Waals surface area contributed by atoms with Crippen LogP contribution in [0.3, 0.4) is 0 Å². The van der Waals surface area contributed by atoms with Gasteiger partial charge in [0.05, 0.1) is 0 Å². The molecule has 0 saturated carbocycles. The van der Waals surface area contributed by atoms with Crippen LogP contribution < -0.4 is 10.2 Å². The summed E-state index contributed by atoms with van der Waals surface area (Å²) in [6.45, 7) is 7.85. The number of likely N-dealkylation sites (tertiary alicyclic amines) is 1. The summed E-state index contributed by atoms with van der Waals surface area (Å²) < 4.78 is 0. The quantitative estimate of drug-likeness (QED) is 0.819. The number of halogens is 1. The number of amides is 1. The zero-order valence-corrected chi connectivity index (χ0v) is 18.0. The molecule has 1 N–H and O–H groups in total. The number of fused-ring (bicyclic) bond motifs is 2. The lowest BCUT2D eigenvalue weighted by atomic mass is 9.88. The first kappa shape index (κ1) is 20.1. The number of hydrogen-bond acceptors (Lipinski definition) is 5. The molecule has 2 fully saturated rings. The van der Waals surface area contributed by atoms with Gasteiger partial charge in [0.2, 0.25) is 0 Å². The van der Waals surface area contributed by atoms with Gasteiger partial charge >= 0.3 is 0 Å². The van der Waals surface area contributed by atoms with Crippen molar-refractivity contribution in [3.05, 3.63) is 52.5 Å². The highest BCUT2D eigenvalue weighted by Crippen LogP contribution is 2.46. The second kappa shape index (κ2) is 7.58. The first-order valence-electron chi connectivity index (χ1n) is 10.2. The van der Waals surface area contributed by atoms with E-state index in [0.29, 0.717) is 35.9 Å². The molecule has 3 aliphatic heterocycles. The van der Waals surface area contributed by atoms with E-state index in [2.05, 4.69) is 58.3 Å². The predicted molar refractivity (Wildman–Crippen MR) is 116 cm³/mol. The molecule has 1 aromatic heterocycles. The number of aryl methyl sites for hydroxylation is 2. The van der Waals surface area contributed by atoms with Gasteiger partial charge in [-0.05, 0) is 44.4 Å². The molecule has 0 aliphatic carbocycles. The van der Waals surface area contributed by atoms with Crippen LogP contribution in [-0.2, 0) is 6.42 Å². The van der Waals surface area contributed by atoms with Crippen LogP contribution in [-0.4, -0.2) is 54.0 Å². The Labute approximate surface area is 178 Å². The molecule has 2 saturated heterocycles.